The van der Waals surface area contributed by atoms with Crippen LogP contribution < -0.4 is 17.2 Å². The third-order valence-corrected chi connectivity index (χ3v) is 1.62. The van der Waals surface area contributed by atoms with Crippen molar-refractivity contribution in [3.05, 3.63) is 0 Å². The summed E-state index contributed by atoms with van der Waals surface area (Å²) in [5, 5.41) is 0. The van der Waals surface area contributed by atoms with E-state index in [1.165, 1.54) is 0 Å². The molecule has 7 heteroatoms. The second-order valence-corrected chi connectivity index (χ2v) is 2.33. The Balaban J connectivity index is 3.30. The van der Waals surface area contributed by atoms with Gasteiger partial charge >= 0.3 is 8.60 Å². The molecule has 0 atom stereocenters. The van der Waals surface area contributed by atoms with Crippen molar-refractivity contribution >= 4 is 8.60 Å². The highest BCUT2D eigenvalue weighted by molar-refractivity contribution is 7.41. The quantitative estimate of drug-likeness (QED) is 0.348. The molecule has 0 aromatic heterocycles. The number of rotatable bonds is 6. The van der Waals surface area contributed by atoms with Crippen LogP contribution in [0.4, 0.5) is 0 Å². The zero-order valence-corrected chi connectivity index (χ0v) is 6.42. The van der Waals surface area contributed by atoms with Gasteiger partial charge in [-0.3, -0.25) is 13.6 Å². The molecular weight excluding hydrogens is 157 g/mol. The Hall–Kier alpha value is 0.190. The van der Waals surface area contributed by atoms with E-state index in [0.29, 0.717) is 0 Å². The summed E-state index contributed by atoms with van der Waals surface area (Å²) in [5.74, 6) is 0. The van der Waals surface area contributed by atoms with Crippen LogP contribution in [0.25, 0.3) is 0 Å². The Labute approximate surface area is 60.6 Å². The first kappa shape index (κ1) is 10.2. The molecule has 10 heavy (non-hydrogen) atoms. The highest BCUT2D eigenvalue weighted by atomic mass is 31.2. The predicted octanol–water partition coefficient (Wildman–Crippen LogP) is -0.988. The maximum absolute atomic E-state index is 5.04. The third-order valence-electron chi connectivity index (χ3n) is 0.540. The molecule has 6 N–H and O–H groups in total. The van der Waals surface area contributed by atoms with Crippen molar-refractivity contribution in [2.75, 3.05) is 20.2 Å². The molecule has 0 bridgehead atoms. The Morgan fingerprint density at radius 1 is 0.800 bits per heavy atom. The molecule has 62 valence electrons. The van der Waals surface area contributed by atoms with Gasteiger partial charge in [-0.25, -0.2) is 0 Å². The summed E-state index contributed by atoms with van der Waals surface area (Å²) < 4.78 is 14.3. The van der Waals surface area contributed by atoms with Gasteiger partial charge in [0.2, 0.25) is 0 Å². The van der Waals surface area contributed by atoms with Crippen molar-refractivity contribution < 1.29 is 13.6 Å². The highest BCUT2D eigenvalue weighted by Crippen LogP contribution is 2.37. The first-order valence-corrected chi connectivity index (χ1v) is 3.73. The van der Waals surface area contributed by atoms with Crippen molar-refractivity contribution in [3.8, 4) is 0 Å². The van der Waals surface area contributed by atoms with Crippen molar-refractivity contribution in [1.82, 2.24) is 0 Å². The maximum Gasteiger partial charge on any atom is 0.336 e. The zero-order chi connectivity index (χ0) is 7.82. The van der Waals surface area contributed by atoms with Crippen LogP contribution in [-0.4, -0.2) is 20.2 Å². The fourth-order valence-electron chi connectivity index (χ4n) is 0.294. The molecule has 0 unspecified atom stereocenters. The molecule has 0 aromatic carbocycles. The SMILES string of the molecule is NCOP(OCN)OCN. The van der Waals surface area contributed by atoms with Crippen molar-refractivity contribution in [2.24, 2.45) is 17.2 Å². The van der Waals surface area contributed by atoms with E-state index in [4.69, 9.17) is 30.8 Å². The molecule has 0 saturated carbocycles. The van der Waals surface area contributed by atoms with Gasteiger partial charge in [0.15, 0.2) is 0 Å². The van der Waals surface area contributed by atoms with Crippen molar-refractivity contribution in [1.29, 1.82) is 0 Å². The van der Waals surface area contributed by atoms with Crippen LogP contribution in [0.5, 0.6) is 0 Å². The van der Waals surface area contributed by atoms with Crippen molar-refractivity contribution in [3.63, 3.8) is 0 Å². The molecule has 0 amide bonds. The first-order valence-electron chi connectivity index (χ1n) is 2.64. The summed E-state index contributed by atoms with van der Waals surface area (Å²) in [4.78, 5) is 0. The van der Waals surface area contributed by atoms with Gasteiger partial charge < -0.3 is 17.2 Å². The van der Waals surface area contributed by atoms with Crippen LogP contribution in [0, 0.1) is 0 Å². The topological polar surface area (TPSA) is 106 Å². The summed E-state index contributed by atoms with van der Waals surface area (Å²) in [5.41, 5.74) is 15.1. The minimum Gasteiger partial charge on any atom is -0.308 e. The van der Waals surface area contributed by atoms with Gasteiger partial charge in [-0.05, 0) is 0 Å². The molecule has 6 nitrogen and oxygen atoms in total. The van der Waals surface area contributed by atoms with Crippen LogP contribution in [-0.2, 0) is 13.6 Å². The highest BCUT2D eigenvalue weighted by Gasteiger charge is 2.08. The molecule has 0 heterocycles. The van der Waals surface area contributed by atoms with Crippen LogP contribution in [0.3, 0.4) is 0 Å². The monoisotopic (exact) mass is 169 g/mol. The number of nitrogens with two attached hydrogens (primary N) is 3. The van der Waals surface area contributed by atoms with Gasteiger partial charge in [0.1, 0.15) is 20.2 Å². The lowest BCUT2D eigenvalue weighted by Crippen LogP contribution is -2.10. The smallest absolute Gasteiger partial charge is 0.308 e. The molecule has 0 aliphatic carbocycles. The summed E-state index contributed by atoms with van der Waals surface area (Å²) >= 11 is 0. The molecule has 0 rings (SSSR count). The maximum atomic E-state index is 5.04. The van der Waals surface area contributed by atoms with Gasteiger partial charge in [0.05, 0.1) is 0 Å². The van der Waals surface area contributed by atoms with E-state index in [1.807, 2.05) is 0 Å². The molecule has 0 aromatic rings. The summed E-state index contributed by atoms with van der Waals surface area (Å²) in [7, 11) is -1.44. The van der Waals surface area contributed by atoms with Gasteiger partial charge in [0, 0.05) is 0 Å². The van der Waals surface area contributed by atoms with Crippen molar-refractivity contribution in [2.45, 2.75) is 0 Å². The average Bonchev–Trinajstić information content (AvgIpc) is 1.90. The summed E-state index contributed by atoms with van der Waals surface area (Å²) in [6.07, 6.45) is 0. The Morgan fingerprint density at radius 2 is 1.10 bits per heavy atom. The minimum absolute atomic E-state index is 0.0334. The molecule has 0 radical (unpaired) electrons. The third kappa shape index (κ3) is 5.01. The lowest BCUT2D eigenvalue weighted by Gasteiger charge is -2.12. The van der Waals surface area contributed by atoms with Gasteiger partial charge in [-0.2, -0.15) is 0 Å². The second-order valence-electron chi connectivity index (χ2n) is 1.11. The number of hydrogen-bond donors (Lipinski definition) is 3. The largest absolute Gasteiger partial charge is 0.336 e. The summed E-state index contributed by atoms with van der Waals surface area (Å²) in [6, 6.07) is 0. The normalized spacial score (nSPS) is 10.8. The Morgan fingerprint density at radius 3 is 1.30 bits per heavy atom. The summed E-state index contributed by atoms with van der Waals surface area (Å²) in [6.45, 7) is 0.100. The molecule has 0 aliphatic rings. The molecule has 0 saturated heterocycles. The minimum atomic E-state index is -1.44. The van der Waals surface area contributed by atoms with E-state index in [9.17, 15) is 0 Å². The van der Waals surface area contributed by atoms with E-state index in [-0.39, 0.29) is 20.2 Å². The van der Waals surface area contributed by atoms with Crippen LogP contribution >= 0.6 is 8.60 Å². The number of hydrogen-bond acceptors (Lipinski definition) is 6. The Kier molecular flexibility index (Phi) is 7.44. The van der Waals surface area contributed by atoms with Gasteiger partial charge in [-0.15, -0.1) is 0 Å². The van der Waals surface area contributed by atoms with E-state index >= 15 is 0 Å². The molecule has 0 aliphatic heterocycles. The van der Waals surface area contributed by atoms with E-state index in [2.05, 4.69) is 0 Å². The molecule has 0 spiro atoms. The molecule has 0 fully saturated rings. The average molecular weight is 169 g/mol. The van der Waals surface area contributed by atoms with Gasteiger partial charge in [0.25, 0.3) is 0 Å². The van der Waals surface area contributed by atoms with E-state index < -0.39 is 8.60 Å². The van der Waals surface area contributed by atoms with E-state index in [1.54, 1.807) is 0 Å². The van der Waals surface area contributed by atoms with Crippen LogP contribution in [0.2, 0.25) is 0 Å². The predicted molar refractivity (Wildman–Crippen MR) is 37.3 cm³/mol. The van der Waals surface area contributed by atoms with Crippen LogP contribution in [0.1, 0.15) is 0 Å². The first-order chi connectivity index (χ1) is 4.85. The van der Waals surface area contributed by atoms with E-state index in [0.717, 1.165) is 0 Å². The lowest BCUT2D eigenvalue weighted by molar-refractivity contribution is 0.168. The van der Waals surface area contributed by atoms with Crippen LogP contribution in [0.15, 0.2) is 0 Å². The zero-order valence-electron chi connectivity index (χ0n) is 5.53. The fourth-order valence-corrected chi connectivity index (χ4v) is 0.883. The second kappa shape index (κ2) is 7.30. The Bertz CT molecular complexity index is 61.7. The van der Waals surface area contributed by atoms with Gasteiger partial charge in [-0.1, -0.05) is 0 Å². The fraction of sp³-hybridized carbons (Fsp3) is 1.00. The standard InChI is InChI=1S/C3H12N3O3P/c4-1-7-10(8-2-5)9-3-6/h1-6H2. The molecular formula is C3H12N3O3P. The lowest BCUT2D eigenvalue weighted by atomic mass is 11.4.